The largest absolute Gasteiger partial charge is 0.446 e. The van der Waals surface area contributed by atoms with Crippen molar-refractivity contribution in [1.29, 1.82) is 5.26 Å². The number of nitrogens with zero attached hydrogens (tertiary/aromatic N) is 3. The van der Waals surface area contributed by atoms with Crippen LogP contribution in [-0.4, -0.2) is 16.8 Å². The van der Waals surface area contributed by atoms with E-state index in [0.717, 1.165) is 16.1 Å². The molecule has 3 aromatic rings. The van der Waals surface area contributed by atoms with E-state index in [1.165, 1.54) is 23.5 Å². The van der Waals surface area contributed by atoms with Gasteiger partial charge in [-0.3, -0.25) is 4.79 Å². The first-order chi connectivity index (χ1) is 13.8. The highest BCUT2D eigenvalue weighted by molar-refractivity contribution is 8.00. The van der Waals surface area contributed by atoms with Crippen LogP contribution in [0.25, 0.3) is 0 Å². The summed E-state index contributed by atoms with van der Waals surface area (Å²) in [5.74, 6) is 0. The summed E-state index contributed by atoms with van der Waals surface area (Å²) in [6.07, 6.45) is 0.690. The van der Waals surface area contributed by atoms with Gasteiger partial charge in [0.05, 0.1) is 18.2 Å². The van der Waals surface area contributed by atoms with Gasteiger partial charge in [-0.15, -0.1) is 11.3 Å². The molecule has 0 unspecified atom stereocenters. The number of aldehydes is 1. The smallest absolute Gasteiger partial charge is 0.313 e. The summed E-state index contributed by atoms with van der Waals surface area (Å²) in [5, 5.41) is 9.59. The summed E-state index contributed by atoms with van der Waals surface area (Å²) in [5.41, 5.74) is -1.95. The van der Waals surface area contributed by atoms with E-state index in [1.807, 2.05) is 4.90 Å². The van der Waals surface area contributed by atoms with Gasteiger partial charge in [-0.25, -0.2) is 4.98 Å². The van der Waals surface area contributed by atoms with Crippen molar-refractivity contribution in [3.8, 4) is 6.07 Å². The number of benzene rings is 2. The average molecular weight is 433 g/mol. The second-order valence-corrected chi connectivity index (χ2v) is 8.31. The third-order valence-electron chi connectivity index (χ3n) is 3.97. The van der Waals surface area contributed by atoms with E-state index in [0.29, 0.717) is 29.2 Å². The molecule has 2 aromatic carbocycles. The molecule has 148 valence electrons. The maximum absolute atomic E-state index is 12.5. The molecule has 4 nitrogen and oxygen atoms in total. The fourth-order valence-electron chi connectivity index (χ4n) is 2.58. The first-order valence-electron chi connectivity index (χ1n) is 8.34. The van der Waals surface area contributed by atoms with E-state index in [9.17, 15) is 18.0 Å². The van der Waals surface area contributed by atoms with Gasteiger partial charge in [0.1, 0.15) is 5.69 Å². The fraction of sp³-hybridized carbons (Fsp3) is 0.150. The van der Waals surface area contributed by atoms with E-state index < -0.39 is 5.51 Å². The second kappa shape index (κ2) is 8.68. The molecule has 3 rings (SSSR count). The van der Waals surface area contributed by atoms with E-state index in [2.05, 4.69) is 11.1 Å². The van der Waals surface area contributed by atoms with Crippen LogP contribution >= 0.6 is 23.1 Å². The molecule has 0 amide bonds. The lowest BCUT2D eigenvalue weighted by atomic mass is 10.2. The third kappa shape index (κ3) is 5.37. The zero-order chi connectivity index (χ0) is 21.0. The molecule has 29 heavy (non-hydrogen) atoms. The highest BCUT2D eigenvalue weighted by Gasteiger charge is 2.29. The number of aryl methyl sites for hydroxylation is 1. The third-order valence-corrected chi connectivity index (χ3v) is 5.72. The number of alkyl halides is 3. The van der Waals surface area contributed by atoms with Crippen LogP contribution in [0.5, 0.6) is 0 Å². The molecule has 0 radical (unpaired) electrons. The van der Waals surface area contributed by atoms with Gasteiger partial charge in [0.15, 0.2) is 11.4 Å². The van der Waals surface area contributed by atoms with Gasteiger partial charge in [0, 0.05) is 15.5 Å². The highest BCUT2D eigenvalue weighted by Crippen LogP contribution is 2.37. The van der Waals surface area contributed by atoms with Crippen LogP contribution in [-0.2, 0) is 6.54 Å². The predicted molar refractivity (Wildman–Crippen MR) is 108 cm³/mol. The lowest BCUT2D eigenvalue weighted by Gasteiger charge is -2.22. The maximum Gasteiger partial charge on any atom is 0.446 e. The Hall–Kier alpha value is -2.83. The number of hydrogen-bond acceptors (Lipinski definition) is 6. The number of nitriles is 1. The number of anilines is 2. The zero-order valence-electron chi connectivity index (χ0n) is 15.1. The first kappa shape index (κ1) is 20.9. The minimum absolute atomic E-state index is 0.111. The van der Waals surface area contributed by atoms with Gasteiger partial charge < -0.3 is 4.90 Å². The molecule has 0 atom stereocenters. The number of aromatic nitrogens is 1. The van der Waals surface area contributed by atoms with Gasteiger partial charge >= 0.3 is 5.51 Å². The molecule has 0 aliphatic rings. The Bertz CT molecular complexity index is 1040. The Morgan fingerprint density at radius 3 is 2.34 bits per heavy atom. The zero-order valence-corrected chi connectivity index (χ0v) is 16.7. The van der Waals surface area contributed by atoms with E-state index >= 15 is 0 Å². The predicted octanol–water partition coefficient (Wildman–Crippen LogP) is 6.09. The van der Waals surface area contributed by atoms with Gasteiger partial charge in [-0.1, -0.05) is 12.1 Å². The van der Waals surface area contributed by atoms with E-state index in [1.54, 1.807) is 43.3 Å². The second-order valence-electron chi connectivity index (χ2n) is 5.99. The molecule has 0 aliphatic carbocycles. The number of halogens is 3. The normalized spacial score (nSPS) is 11.1. The molecule has 0 aliphatic heterocycles. The Balaban J connectivity index is 1.92. The Labute approximate surface area is 173 Å². The maximum atomic E-state index is 12.5. The first-order valence-corrected chi connectivity index (χ1v) is 9.97. The highest BCUT2D eigenvalue weighted by atomic mass is 32.2. The lowest BCUT2D eigenvalue weighted by Crippen LogP contribution is -2.16. The molecule has 0 N–H and O–H groups in total. The van der Waals surface area contributed by atoms with Crippen LogP contribution in [0.4, 0.5) is 24.0 Å². The molecule has 0 saturated heterocycles. The number of rotatable bonds is 6. The van der Waals surface area contributed by atoms with Crippen LogP contribution < -0.4 is 4.90 Å². The molecule has 0 spiro atoms. The molecule has 9 heteroatoms. The molecule has 0 bridgehead atoms. The summed E-state index contributed by atoms with van der Waals surface area (Å²) in [7, 11) is 0. The van der Waals surface area contributed by atoms with Gasteiger partial charge in [0.25, 0.3) is 0 Å². The lowest BCUT2D eigenvalue weighted by molar-refractivity contribution is -0.0328. The van der Waals surface area contributed by atoms with Crippen molar-refractivity contribution in [2.24, 2.45) is 0 Å². The van der Waals surface area contributed by atoms with Crippen LogP contribution in [0.15, 0.2) is 53.4 Å². The summed E-state index contributed by atoms with van der Waals surface area (Å²) in [4.78, 5) is 18.3. The van der Waals surface area contributed by atoms with Crippen LogP contribution in [0.2, 0.25) is 0 Å². The quantitative estimate of drug-likeness (QED) is 0.348. The van der Waals surface area contributed by atoms with Crippen LogP contribution in [0.3, 0.4) is 0 Å². The summed E-state index contributed by atoms with van der Waals surface area (Å²) in [6.45, 7) is 2.14. The summed E-state index contributed by atoms with van der Waals surface area (Å²) >= 11 is 1.19. The molecular formula is C20H14F3N3OS2. The number of carbonyl (C=O) groups excluding carboxylic acids is 1. The minimum Gasteiger partial charge on any atom is -0.313 e. The fourth-order valence-corrected chi connectivity index (χ4v) is 4.02. The molecule has 1 heterocycles. The number of hydrogen-bond donors (Lipinski definition) is 0. The average Bonchev–Trinajstić information content (AvgIpc) is 3.07. The van der Waals surface area contributed by atoms with Gasteiger partial charge in [0.2, 0.25) is 0 Å². The minimum atomic E-state index is -4.33. The van der Waals surface area contributed by atoms with E-state index in [4.69, 9.17) is 5.26 Å². The van der Waals surface area contributed by atoms with Crippen molar-refractivity contribution in [2.75, 3.05) is 4.90 Å². The van der Waals surface area contributed by atoms with Crippen molar-refractivity contribution in [3.63, 3.8) is 0 Å². The number of carbonyl (C=O) groups is 1. The summed E-state index contributed by atoms with van der Waals surface area (Å²) < 4.78 is 37.6. The van der Waals surface area contributed by atoms with Crippen molar-refractivity contribution in [3.05, 3.63) is 70.2 Å². The van der Waals surface area contributed by atoms with Gasteiger partial charge in [-0.2, -0.15) is 18.4 Å². The topological polar surface area (TPSA) is 57.0 Å². The molecule has 0 saturated carbocycles. The number of thioether (sulfide) groups is 1. The van der Waals surface area contributed by atoms with Crippen molar-refractivity contribution < 1.29 is 18.0 Å². The van der Waals surface area contributed by atoms with Crippen LogP contribution in [0, 0.1) is 18.3 Å². The van der Waals surface area contributed by atoms with Crippen molar-refractivity contribution >= 4 is 40.2 Å². The summed E-state index contributed by atoms with van der Waals surface area (Å²) in [6, 6.07) is 15.1. The Kier molecular flexibility index (Phi) is 6.25. The standard InChI is InChI=1S/C20H14F3N3OS2/c1-13-18(12-27)25-19(28-13)26(16-6-2-14(10-24)3-7-16)11-15-4-8-17(9-5-15)29-20(21,22)23/h2-9,12H,11H2,1H3. The monoisotopic (exact) mass is 433 g/mol. The van der Waals surface area contributed by atoms with Crippen molar-refractivity contribution in [1.82, 2.24) is 4.98 Å². The van der Waals surface area contributed by atoms with E-state index in [-0.39, 0.29) is 16.7 Å². The van der Waals surface area contributed by atoms with Gasteiger partial charge in [-0.05, 0) is 60.6 Å². The van der Waals surface area contributed by atoms with Crippen molar-refractivity contribution in [2.45, 2.75) is 23.9 Å². The Morgan fingerprint density at radius 1 is 1.17 bits per heavy atom. The SMILES string of the molecule is Cc1sc(N(Cc2ccc(SC(F)(F)F)cc2)c2ccc(C#N)cc2)nc1C=O. The Morgan fingerprint density at radius 2 is 1.83 bits per heavy atom. The molecule has 0 fully saturated rings. The molecule has 1 aromatic heterocycles. The molecular weight excluding hydrogens is 419 g/mol. The van der Waals surface area contributed by atoms with Crippen LogP contribution in [0.1, 0.15) is 26.5 Å². The number of thiazole rings is 1.